The maximum absolute atomic E-state index is 13.5. The minimum absolute atomic E-state index is 0.0939. The highest BCUT2D eigenvalue weighted by Crippen LogP contribution is 2.30. The van der Waals surface area contributed by atoms with E-state index in [4.69, 9.17) is 0 Å². The van der Waals surface area contributed by atoms with Crippen LogP contribution in [-0.4, -0.2) is 66.0 Å². The van der Waals surface area contributed by atoms with Crippen LogP contribution in [0.2, 0.25) is 0 Å². The predicted molar refractivity (Wildman–Crippen MR) is 127 cm³/mol. The van der Waals surface area contributed by atoms with Crippen LogP contribution in [0.1, 0.15) is 43.9 Å². The number of carbonyl (C=O) groups is 1. The Morgan fingerprint density at radius 2 is 1.85 bits per heavy atom. The molecule has 34 heavy (non-hydrogen) atoms. The van der Waals surface area contributed by atoms with E-state index in [1.807, 2.05) is 13.8 Å². The maximum atomic E-state index is 13.5. The molecule has 3 N–H and O–H groups in total. The average molecular weight is 496 g/mol. The number of rotatable bonds is 11. The molecule has 0 spiro atoms. The van der Waals surface area contributed by atoms with Crippen LogP contribution in [0.5, 0.6) is 0 Å². The Kier molecular flexibility index (Phi) is 9.66. The number of anilines is 1. The average Bonchev–Trinajstić information content (AvgIpc) is 2.75. The first-order chi connectivity index (χ1) is 15.9. The van der Waals surface area contributed by atoms with Gasteiger partial charge in [-0.05, 0) is 30.2 Å². The summed E-state index contributed by atoms with van der Waals surface area (Å²) in [5.41, 5.74) is 2.10. The van der Waals surface area contributed by atoms with Crippen LogP contribution in [0.25, 0.3) is 17.3 Å². The molecule has 2 aromatic rings. The van der Waals surface area contributed by atoms with Crippen LogP contribution >= 0.6 is 0 Å². The van der Waals surface area contributed by atoms with Gasteiger partial charge >= 0.3 is 5.97 Å². The molecule has 0 radical (unpaired) electrons. The molecule has 0 aliphatic rings. The molecule has 0 bridgehead atoms. The van der Waals surface area contributed by atoms with Crippen molar-refractivity contribution in [2.24, 2.45) is 0 Å². The van der Waals surface area contributed by atoms with Gasteiger partial charge in [-0.3, -0.25) is 4.79 Å². The van der Waals surface area contributed by atoms with Gasteiger partial charge in [-0.2, -0.15) is 0 Å². The molecular formula is C23H30FN3O6S. The maximum Gasteiger partial charge on any atom is 0.308 e. The zero-order valence-electron chi connectivity index (χ0n) is 19.5. The fraction of sp³-hybridized carbons (Fsp3) is 0.435. The summed E-state index contributed by atoms with van der Waals surface area (Å²) in [7, 11) is -2.12. The molecule has 9 nitrogen and oxygen atoms in total. The number of sulfone groups is 1. The molecule has 2 rings (SSSR count). The fourth-order valence-corrected chi connectivity index (χ4v) is 3.51. The molecule has 0 aliphatic heterocycles. The van der Waals surface area contributed by atoms with E-state index in [1.54, 1.807) is 6.08 Å². The van der Waals surface area contributed by atoms with Gasteiger partial charge in [0.05, 0.1) is 37.1 Å². The van der Waals surface area contributed by atoms with Crippen molar-refractivity contribution in [2.75, 3.05) is 24.6 Å². The molecular weight excluding hydrogens is 465 g/mol. The Hall–Kier alpha value is -2.89. The number of nitrogens with zero attached hydrogens (tertiary/aromatic N) is 2. The van der Waals surface area contributed by atoms with E-state index in [9.17, 15) is 27.8 Å². The first-order valence-corrected chi connectivity index (χ1v) is 12.7. The van der Waals surface area contributed by atoms with E-state index >= 15 is 0 Å². The standard InChI is InChI=1S/C23H30FN3O6S/c1-14(2)21-19(10-9-17(28)11-18(29)12-20(30)33-3)22(15-5-7-16(24)8-6-15)27-23(26-21)25-13-34(4,31)32/h5-10,14,17-18,28-29H,11-13H2,1-4H3,(H,25,26,27). The van der Waals surface area contributed by atoms with E-state index in [2.05, 4.69) is 20.0 Å². The molecule has 0 saturated heterocycles. The van der Waals surface area contributed by atoms with E-state index in [-0.39, 0.29) is 30.6 Å². The van der Waals surface area contributed by atoms with Crippen molar-refractivity contribution in [3.8, 4) is 11.3 Å². The lowest BCUT2D eigenvalue weighted by atomic mass is 9.97. The number of methoxy groups -OCH3 is 1. The molecule has 2 atom stereocenters. The summed E-state index contributed by atoms with van der Waals surface area (Å²) in [4.78, 5) is 20.2. The normalized spacial score (nSPS) is 13.8. The number of carbonyl (C=O) groups excluding carboxylic acids is 1. The number of nitrogens with one attached hydrogen (secondary N) is 1. The summed E-state index contributed by atoms with van der Waals surface area (Å²) < 4.78 is 41.2. The molecule has 0 amide bonds. The lowest BCUT2D eigenvalue weighted by molar-refractivity contribution is -0.143. The van der Waals surface area contributed by atoms with Gasteiger partial charge in [0.1, 0.15) is 11.7 Å². The quantitative estimate of drug-likeness (QED) is 0.401. The van der Waals surface area contributed by atoms with Crippen LogP contribution in [-0.2, 0) is 19.4 Å². The lowest BCUT2D eigenvalue weighted by Crippen LogP contribution is -2.20. The van der Waals surface area contributed by atoms with Crippen molar-refractivity contribution < 1.29 is 32.6 Å². The zero-order valence-corrected chi connectivity index (χ0v) is 20.3. The number of aliphatic hydroxyl groups excluding tert-OH is 2. The fourth-order valence-electron chi connectivity index (χ4n) is 3.12. The summed E-state index contributed by atoms with van der Waals surface area (Å²) in [6.07, 6.45) is 1.62. The molecule has 0 fully saturated rings. The largest absolute Gasteiger partial charge is 0.469 e. The third-order valence-electron chi connectivity index (χ3n) is 4.76. The van der Waals surface area contributed by atoms with Gasteiger partial charge < -0.3 is 20.3 Å². The number of halogens is 1. The second kappa shape index (κ2) is 12.0. The minimum Gasteiger partial charge on any atom is -0.469 e. The van der Waals surface area contributed by atoms with Crippen LogP contribution in [0.3, 0.4) is 0 Å². The van der Waals surface area contributed by atoms with Crippen LogP contribution in [0.4, 0.5) is 10.3 Å². The number of esters is 1. The van der Waals surface area contributed by atoms with Gasteiger partial charge in [0.15, 0.2) is 9.84 Å². The number of aromatic nitrogens is 2. The van der Waals surface area contributed by atoms with Crippen LogP contribution in [0, 0.1) is 5.82 Å². The Morgan fingerprint density at radius 3 is 2.41 bits per heavy atom. The highest BCUT2D eigenvalue weighted by Gasteiger charge is 2.19. The van der Waals surface area contributed by atoms with Gasteiger partial charge in [-0.1, -0.05) is 26.0 Å². The third kappa shape index (κ3) is 8.47. The van der Waals surface area contributed by atoms with Crippen molar-refractivity contribution in [1.82, 2.24) is 9.97 Å². The summed E-state index contributed by atoms with van der Waals surface area (Å²) in [6.45, 7) is 3.79. The molecule has 0 aliphatic carbocycles. The topological polar surface area (TPSA) is 139 Å². The molecule has 1 aromatic heterocycles. The molecule has 186 valence electrons. The molecule has 1 aromatic carbocycles. The first-order valence-electron chi connectivity index (χ1n) is 10.6. The molecule has 1 heterocycles. The number of aliphatic hydroxyl groups is 2. The number of benzene rings is 1. The Bertz CT molecular complexity index is 1120. The molecule has 11 heteroatoms. The lowest BCUT2D eigenvalue weighted by Gasteiger charge is -2.17. The predicted octanol–water partition coefficient (Wildman–Crippen LogP) is 2.51. The van der Waals surface area contributed by atoms with Crippen molar-refractivity contribution >= 4 is 27.8 Å². The van der Waals surface area contributed by atoms with Gasteiger partial charge in [-0.25, -0.2) is 22.8 Å². The number of hydrogen-bond acceptors (Lipinski definition) is 9. The van der Waals surface area contributed by atoms with Crippen LogP contribution in [0.15, 0.2) is 30.3 Å². The Labute approximate surface area is 198 Å². The van der Waals surface area contributed by atoms with Gasteiger partial charge in [0.2, 0.25) is 5.95 Å². The minimum atomic E-state index is -3.34. The molecule has 2 unspecified atom stereocenters. The smallest absolute Gasteiger partial charge is 0.308 e. The Morgan fingerprint density at radius 1 is 1.21 bits per heavy atom. The summed E-state index contributed by atoms with van der Waals surface area (Å²) in [5, 5.41) is 23.0. The van der Waals surface area contributed by atoms with Crippen molar-refractivity contribution in [3.05, 3.63) is 47.4 Å². The highest BCUT2D eigenvalue weighted by molar-refractivity contribution is 7.90. The Balaban J connectivity index is 2.47. The van der Waals surface area contributed by atoms with E-state index < -0.39 is 33.8 Å². The van der Waals surface area contributed by atoms with Crippen molar-refractivity contribution in [2.45, 2.75) is 44.8 Å². The van der Waals surface area contributed by atoms with Gasteiger partial charge in [0.25, 0.3) is 0 Å². The third-order valence-corrected chi connectivity index (χ3v) is 5.43. The van der Waals surface area contributed by atoms with Crippen LogP contribution < -0.4 is 5.32 Å². The van der Waals surface area contributed by atoms with Crippen molar-refractivity contribution in [1.29, 1.82) is 0 Å². The number of hydrogen-bond donors (Lipinski definition) is 3. The number of ether oxygens (including phenoxy) is 1. The summed E-state index contributed by atoms with van der Waals surface area (Å²) in [6, 6.07) is 5.63. The molecule has 0 saturated carbocycles. The van der Waals surface area contributed by atoms with Crippen molar-refractivity contribution in [3.63, 3.8) is 0 Å². The zero-order chi connectivity index (χ0) is 25.5. The van der Waals surface area contributed by atoms with E-state index in [1.165, 1.54) is 37.5 Å². The summed E-state index contributed by atoms with van der Waals surface area (Å²) in [5.74, 6) is -1.39. The van der Waals surface area contributed by atoms with Gasteiger partial charge in [0, 0.05) is 23.8 Å². The first kappa shape index (κ1) is 27.4. The monoisotopic (exact) mass is 495 g/mol. The van der Waals surface area contributed by atoms with Gasteiger partial charge in [-0.15, -0.1) is 0 Å². The SMILES string of the molecule is COC(=O)CC(O)CC(O)C=Cc1c(-c2ccc(F)cc2)nc(NCS(C)(=O)=O)nc1C(C)C. The highest BCUT2D eigenvalue weighted by atomic mass is 32.2. The van der Waals surface area contributed by atoms with E-state index in [0.29, 0.717) is 22.5 Å². The second-order valence-electron chi connectivity index (χ2n) is 8.20. The van der Waals surface area contributed by atoms with E-state index in [0.717, 1.165) is 6.26 Å². The second-order valence-corrected chi connectivity index (χ2v) is 10.3. The summed E-state index contributed by atoms with van der Waals surface area (Å²) >= 11 is 0.